The lowest BCUT2D eigenvalue weighted by atomic mass is 9.83. The first-order chi connectivity index (χ1) is 16.4. The molecule has 2 amide bonds. The SMILES string of the molecule is CN(C(=O)c1cc(Nc2cc(N3CC[C@@](C#N)(C4CC4)C3=O)ccn2)nn1C)C1CCOCC1. The molecular formula is C24H29N7O3. The number of ether oxygens (including phenoxy) is 1. The third kappa shape index (κ3) is 3.90. The fourth-order valence-corrected chi connectivity index (χ4v) is 5.07. The van der Waals surface area contributed by atoms with E-state index < -0.39 is 5.41 Å². The van der Waals surface area contributed by atoms with Crippen LogP contribution < -0.4 is 10.2 Å². The molecule has 2 aliphatic heterocycles. The van der Waals surface area contributed by atoms with Crippen LogP contribution >= 0.6 is 0 Å². The van der Waals surface area contributed by atoms with Gasteiger partial charge in [-0.2, -0.15) is 10.4 Å². The van der Waals surface area contributed by atoms with Gasteiger partial charge in [-0.05, 0) is 44.1 Å². The molecule has 5 rings (SSSR count). The molecular weight excluding hydrogens is 434 g/mol. The van der Waals surface area contributed by atoms with Crippen LogP contribution in [0.5, 0.6) is 0 Å². The van der Waals surface area contributed by atoms with Crippen LogP contribution in [0.25, 0.3) is 0 Å². The van der Waals surface area contributed by atoms with Gasteiger partial charge in [-0.1, -0.05) is 0 Å². The van der Waals surface area contributed by atoms with Crippen molar-refractivity contribution in [1.29, 1.82) is 5.26 Å². The van der Waals surface area contributed by atoms with Crippen LogP contribution in [-0.4, -0.2) is 64.3 Å². The highest BCUT2D eigenvalue weighted by atomic mass is 16.5. The largest absolute Gasteiger partial charge is 0.381 e. The fourth-order valence-electron chi connectivity index (χ4n) is 5.07. The van der Waals surface area contributed by atoms with E-state index >= 15 is 0 Å². The molecule has 4 heterocycles. The molecule has 10 nitrogen and oxygen atoms in total. The second kappa shape index (κ2) is 8.72. The third-order valence-corrected chi connectivity index (χ3v) is 7.30. The van der Waals surface area contributed by atoms with Gasteiger partial charge in [0.1, 0.15) is 16.9 Å². The number of nitrogens with zero attached hydrogens (tertiary/aromatic N) is 6. The maximum atomic E-state index is 13.1. The molecule has 1 N–H and O–H groups in total. The van der Waals surface area contributed by atoms with Crippen molar-refractivity contribution in [2.45, 2.75) is 38.1 Å². The molecule has 2 saturated heterocycles. The van der Waals surface area contributed by atoms with E-state index in [0.29, 0.717) is 49.2 Å². The lowest BCUT2D eigenvalue weighted by molar-refractivity contribution is -0.123. The monoisotopic (exact) mass is 463 g/mol. The number of hydrogen-bond donors (Lipinski definition) is 1. The molecule has 1 saturated carbocycles. The molecule has 2 aromatic rings. The van der Waals surface area contributed by atoms with E-state index in [4.69, 9.17) is 4.74 Å². The standard InChI is InChI=1S/C24H29N7O3/c1-29(17-6-11-34-12-7-17)22(32)19-14-21(28-30(19)2)27-20-13-18(5-9-26-20)31-10-8-24(15-25,23(31)33)16-3-4-16/h5,9,13-14,16-17H,3-4,6-8,10-12H2,1-2H3,(H,26,27,28)/t24-/m1/s1. The summed E-state index contributed by atoms with van der Waals surface area (Å²) >= 11 is 0. The molecule has 178 valence electrons. The summed E-state index contributed by atoms with van der Waals surface area (Å²) in [5.41, 5.74) is 0.293. The van der Waals surface area contributed by atoms with Crippen LogP contribution in [-0.2, 0) is 16.6 Å². The van der Waals surface area contributed by atoms with E-state index in [1.807, 2.05) is 7.05 Å². The number of rotatable bonds is 6. The Bertz CT molecular complexity index is 1150. The van der Waals surface area contributed by atoms with Crippen LogP contribution in [0, 0.1) is 22.7 Å². The summed E-state index contributed by atoms with van der Waals surface area (Å²) in [7, 11) is 3.56. The Balaban J connectivity index is 1.30. The number of pyridine rings is 1. The number of carbonyl (C=O) groups excluding carboxylic acids is 2. The Morgan fingerprint density at radius 1 is 1.26 bits per heavy atom. The van der Waals surface area contributed by atoms with E-state index in [2.05, 4.69) is 21.5 Å². The molecule has 2 aromatic heterocycles. The smallest absolute Gasteiger partial charge is 0.272 e. The Hall–Kier alpha value is -3.45. The average molecular weight is 464 g/mol. The highest BCUT2D eigenvalue weighted by Gasteiger charge is 2.56. The zero-order chi connectivity index (χ0) is 23.9. The van der Waals surface area contributed by atoms with Gasteiger partial charge in [-0.15, -0.1) is 0 Å². The van der Waals surface area contributed by atoms with Gasteiger partial charge in [0.25, 0.3) is 5.91 Å². The van der Waals surface area contributed by atoms with Crippen molar-refractivity contribution >= 4 is 29.1 Å². The van der Waals surface area contributed by atoms with Crippen LogP contribution in [0.15, 0.2) is 24.4 Å². The minimum atomic E-state index is -0.885. The van der Waals surface area contributed by atoms with Gasteiger partial charge in [-0.25, -0.2) is 4.98 Å². The average Bonchev–Trinajstić information content (AvgIpc) is 3.57. The van der Waals surface area contributed by atoms with E-state index in [1.54, 1.807) is 45.9 Å². The predicted octanol–water partition coefficient (Wildman–Crippen LogP) is 2.47. The number of carbonyl (C=O) groups is 2. The van der Waals surface area contributed by atoms with Crippen molar-refractivity contribution in [2.75, 3.05) is 37.0 Å². The Morgan fingerprint density at radius 2 is 2.03 bits per heavy atom. The number of nitrogens with one attached hydrogen (secondary N) is 1. The number of hydrogen-bond acceptors (Lipinski definition) is 7. The molecule has 0 bridgehead atoms. The van der Waals surface area contributed by atoms with E-state index in [0.717, 1.165) is 25.7 Å². The van der Waals surface area contributed by atoms with E-state index in [-0.39, 0.29) is 23.8 Å². The summed E-state index contributed by atoms with van der Waals surface area (Å²) in [4.78, 5) is 34.0. The zero-order valence-electron chi connectivity index (χ0n) is 19.5. The van der Waals surface area contributed by atoms with Crippen LogP contribution in [0.3, 0.4) is 0 Å². The molecule has 34 heavy (non-hydrogen) atoms. The molecule has 0 unspecified atom stereocenters. The molecule has 0 aromatic carbocycles. The lowest BCUT2D eigenvalue weighted by Crippen LogP contribution is -2.41. The van der Waals surface area contributed by atoms with Crippen LogP contribution in [0.4, 0.5) is 17.3 Å². The first-order valence-electron chi connectivity index (χ1n) is 11.8. The quantitative estimate of drug-likeness (QED) is 0.699. The molecule has 0 spiro atoms. The van der Waals surface area contributed by atoms with Crippen LogP contribution in [0.2, 0.25) is 0 Å². The number of anilines is 3. The third-order valence-electron chi connectivity index (χ3n) is 7.30. The molecule has 3 aliphatic rings. The van der Waals surface area contributed by atoms with E-state index in [1.165, 1.54) is 0 Å². The normalized spacial score (nSPS) is 23.1. The second-order valence-corrected chi connectivity index (χ2v) is 9.39. The maximum Gasteiger partial charge on any atom is 0.272 e. The summed E-state index contributed by atoms with van der Waals surface area (Å²) < 4.78 is 6.96. The van der Waals surface area contributed by atoms with Crippen LogP contribution in [0.1, 0.15) is 42.6 Å². The number of aryl methyl sites for hydroxylation is 1. The second-order valence-electron chi connectivity index (χ2n) is 9.39. The molecule has 1 atom stereocenters. The number of aromatic nitrogens is 3. The minimum absolute atomic E-state index is 0.0905. The predicted molar refractivity (Wildman–Crippen MR) is 124 cm³/mol. The maximum absolute atomic E-state index is 13.1. The minimum Gasteiger partial charge on any atom is -0.381 e. The summed E-state index contributed by atoms with van der Waals surface area (Å²) in [6.45, 7) is 1.85. The zero-order valence-corrected chi connectivity index (χ0v) is 19.5. The molecule has 0 radical (unpaired) electrons. The molecule has 3 fully saturated rings. The van der Waals surface area contributed by atoms with Crippen molar-refractivity contribution in [1.82, 2.24) is 19.7 Å². The van der Waals surface area contributed by atoms with Crippen molar-refractivity contribution in [3.05, 3.63) is 30.1 Å². The van der Waals surface area contributed by atoms with Crippen molar-refractivity contribution in [2.24, 2.45) is 18.4 Å². The number of nitriles is 1. The summed E-state index contributed by atoms with van der Waals surface area (Å²) in [5, 5.41) is 17.3. The van der Waals surface area contributed by atoms with Gasteiger partial charge < -0.3 is 19.9 Å². The lowest BCUT2D eigenvalue weighted by Gasteiger charge is -2.31. The van der Waals surface area contributed by atoms with Gasteiger partial charge in [0, 0.05) is 63.9 Å². The Labute approximate surface area is 198 Å². The first-order valence-corrected chi connectivity index (χ1v) is 11.8. The summed E-state index contributed by atoms with van der Waals surface area (Å²) in [5.74, 6) is 0.982. The fraction of sp³-hybridized carbons (Fsp3) is 0.542. The molecule has 1 aliphatic carbocycles. The number of amides is 2. The van der Waals surface area contributed by atoms with Gasteiger partial charge in [0.15, 0.2) is 5.82 Å². The topological polar surface area (TPSA) is 116 Å². The van der Waals surface area contributed by atoms with Crippen molar-refractivity contribution in [3.8, 4) is 6.07 Å². The Kier molecular flexibility index (Phi) is 5.73. The highest BCUT2D eigenvalue weighted by Crippen LogP contribution is 2.51. The van der Waals surface area contributed by atoms with Gasteiger partial charge in [-0.3, -0.25) is 14.3 Å². The summed E-state index contributed by atoms with van der Waals surface area (Å²) in [6.07, 6.45) is 5.73. The van der Waals surface area contributed by atoms with Gasteiger partial charge in [0.05, 0.1) is 6.07 Å². The van der Waals surface area contributed by atoms with Gasteiger partial charge in [0.2, 0.25) is 5.91 Å². The van der Waals surface area contributed by atoms with E-state index in [9.17, 15) is 14.9 Å². The van der Waals surface area contributed by atoms with Crippen molar-refractivity contribution in [3.63, 3.8) is 0 Å². The Morgan fingerprint density at radius 3 is 2.74 bits per heavy atom. The van der Waals surface area contributed by atoms with Crippen molar-refractivity contribution < 1.29 is 14.3 Å². The highest BCUT2D eigenvalue weighted by molar-refractivity contribution is 6.02. The van der Waals surface area contributed by atoms with Gasteiger partial charge >= 0.3 is 0 Å². The molecule has 10 heteroatoms. The summed E-state index contributed by atoms with van der Waals surface area (Å²) in [6, 6.07) is 7.74. The first kappa shape index (κ1) is 22.3.